The molecule has 0 heterocycles. The van der Waals surface area contributed by atoms with Crippen molar-refractivity contribution in [3.8, 4) is 5.75 Å². The first-order valence-corrected chi connectivity index (χ1v) is 3.97. The van der Waals surface area contributed by atoms with E-state index in [0.717, 1.165) is 0 Å². The molecule has 0 saturated heterocycles. The van der Waals surface area contributed by atoms with Crippen LogP contribution in [0.25, 0.3) is 0 Å². The fraction of sp³-hybridized carbons (Fsp3) is 0.0909. The van der Waals surface area contributed by atoms with Crippen LogP contribution in [0.15, 0.2) is 48.2 Å². The number of esters is 1. The van der Waals surface area contributed by atoms with E-state index in [9.17, 15) is 4.79 Å². The smallest absolute Gasteiger partial charge is 0.343 e. The molecule has 2 nitrogen and oxygen atoms in total. The molecule has 1 rings (SSSR count). The molecule has 0 amide bonds. The van der Waals surface area contributed by atoms with E-state index in [1.165, 1.54) is 6.08 Å². The molecule has 1 aromatic rings. The Bertz CT molecular complexity index is 332. The monoisotopic (exact) mass is 174 g/mol. The summed E-state index contributed by atoms with van der Waals surface area (Å²) in [5.41, 5.74) is 2.64. The average Bonchev–Trinajstić information content (AvgIpc) is 2.16. The molecular formula is C11H10O2. The lowest BCUT2D eigenvalue weighted by atomic mass is 10.3. The topological polar surface area (TPSA) is 26.3 Å². The molecule has 0 N–H and O–H groups in total. The lowest BCUT2D eigenvalue weighted by Gasteiger charge is -1.97. The second-order valence-electron chi connectivity index (χ2n) is 2.33. The zero-order chi connectivity index (χ0) is 9.52. The van der Waals surface area contributed by atoms with Gasteiger partial charge >= 0.3 is 5.97 Å². The minimum absolute atomic E-state index is 0.413. The van der Waals surface area contributed by atoms with Crippen LogP contribution in [-0.4, -0.2) is 5.97 Å². The van der Waals surface area contributed by atoms with Gasteiger partial charge < -0.3 is 4.74 Å². The second-order valence-corrected chi connectivity index (χ2v) is 2.33. The number of para-hydroxylation sites is 1. The maximum absolute atomic E-state index is 11.0. The van der Waals surface area contributed by atoms with Gasteiger partial charge in [-0.25, -0.2) is 4.79 Å². The summed E-state index contributed by atoms with van der Waals surface area (Å²) in [5, 5.41) is 0. The van der Waals surface area contributed by atoms with Crippen molar-refractivity contribution in [2.24, 2.45) is 0 Å². The van der Waals surface area contributed by atoms with Gasteiger partial charge in [-0.1, -0.05) is 18.2 Å². The predicted molar refractivity (Wildman–Crippen MR) is 50.4 cm³/mol. The van der Waals surface area contributed by atoms with Crippen LogP contribution in [0.3, 0.4) is 0 Å². The van der Waals surface area contributed by atoms with E-state index in [2.05, 4.69) is 5.73 Å². The van der Waals surface area contributed by atoms with Gasteiger partial charge in [0.15, 0.2) is 0 Å². The molecule has 1 aromatic carbocycles. The molecule has 0 aliphatic carbocycles. The summed E-state index contributed by atoms with van der Waals surface area (Å²) in [6.07, 6.45) is 2.90. The highest BCUT2D eigenvalue weighted by Gasteiger charge is 1.96. The Hall–Kier alpha value is -1.79. The van der Waals surface area contributed by atoms with E-state index in [1.54, 1.807) is 25.1 Å². The zero-order valence-corrected chi connectivity index (χ0v) is 7.36. The second kappa shape index (κ2) is 4.96. The van der Waals surface area contributed by atoms with E-state index in [-0.39, 0.29) is 0 Å². The Morgan fingerprint density at radius 3 is 2.69 bits per heavy atom. The van der Waals surface area contributed by atoms with Crippen molar-refractivity contribution in [3.63, 3.8) is 0 Å². The van der Waals surface area contributed by atoms with E-state index < -0.39 is 5.97 Å². The average molecular weight is 174 g/mol. The molecule has 0 atom stereocenters. The first kappa shape index (κ1) is 9.30. The number of rotatable bonds is 2. The summed E-state index contributed by atoms with van der Waals surface area (Å²) < 4.78 is 4.94. The van der Waals surface area contributed by atoms with Crippen LogP contribution in [0, 0.1) is 0 Å². The third-order valence-corrected chi connectivity index (χ3v) is 1.33. The summed E-state index contributed by atoms with van der Waals surface area (Å²) in [5.74, 6) is 0.131. The van der Waals surface area contributed by atoms with Gasteiger partial charge in [-0.2, -0.15) is 0 Å². The quantitative estimate of drug-likeness (QED) is 0.297. The largest absolute Gasteiger partial charge is 0.423 e. The van der Waals surface area contributed by atoms with Crippen LogP contribution in [-0.2, 0) is 4.79 Å². The fourth-order valence-corrected chi connectivity index (χ4v) is 0.786. The van der Waals surface area contributed by atoms with Gasteiger partial charge in [0.25, 0.3) is 0 Å². The minimum atomic E-state index is -0.413. The van der Waals surface area contributed by atoms with Gasteiger partial charge in [0.2, 0.25) is 0 Å². The van der Waals surface area contributed by atoms with Crippen LogP contribution >= 0.6 is 0 Å². The number of hydrogen-bond acceptors (Lipinski definition) is 2. The molecule has 0 aliphatic rings. The first-order chi connectivity index (χ1) is 6.33. The number of carbonyl (C=O) groups is 1. The Labute approximate surface area is 77.2 Å². The third kappa shape index (κ3) is 3.41. The van der Waals surface area contributed by atoms with E-state index in [1.807, 2.05) is 18.2 Å². The normalized spacial score (nSPS) is 8.38. The summed E-state index contributed by atoms with van der Waals surface area (Å²) in [6, 6.07) is 8.92. The molecule has 0 aliphatic heterocycles. The van der Waals surface area contributed by atoms with Crippen LogP contribution in [0.1, 0.15) is 6.92 Å². The Balaban J connectivity index is 2.61. The molecule has 0 spiro atoms. The molecule has 0 fully saturated rings. The SMILES string of the molecule is CC=C=CC(=O)Oc1ccccc1. The van der Waals surface area contributed by atoms with Gasteiger partial charge in [-0.15, -0.1) is 5.73 Å². The first-order valence-electron chi connectivity index (χ1n) is 3.97. The summed E-state index contributed by atoms with van der Waals surface area (Å²) in [4.78, 5) is 11.0. The van der Waals surface area contributed by atoms with E-state index >= 15 is 0 Å². The van der Waals surface area contributed by atoms with Gasteiger partial charge in [0.1, 0.15) is 5.75 Å². The van der Waals surface area contributed by atoms with Crippen molar-refractivity contribution in [2.45, 2.75) is 6.92 Å². The standard InChI is InChI=1S/C11H10O2/c1-2-3-9-11(12)13-10-7-5-4-6-8-10/h2,4-9H,1H3. The number of ether oxygens (including phenoxy) is 1. The van der Waals surface area contributed by atoms with Crippen LogP contribution in [0.2, 0.25) is 0 Å². The highest BCUT2D eigenvalue weighted by molar-refractivity contribution is 5.83. The lowest BCUT2D eigenvalue weighted by Crippen LogP contribution is -2.02. The predicted octanol–water partition coefficient (Wildman–Crippen LogP) is 2.32. The molecule has 2 heteroatoms. The summed E-state index contributed by atoms with van der Waals surface area (Å²) >= 11 is 0. The van der Waals surface area contributed by atoms with Gasteiger partial charge in [0.05, 0.1) is 6.08 Å². The van der Waals surface area contributed by atoms with Crippen LogP contribution in [0.5, 0.6) is 5.75 Å². The summed E-state index contributed by atoms with van der Waals surface area (Å²) in [6.45, 7) is 1.78. The van der Waals surface area contributed by atoms with E-state index in [0.29, 0.717) is 5.75 Å². The minimum Gasteiger partial charge on any atom is -0.423 e. The molecule has 0 aromatic heterocycles. The van der Waals surface area contributed by atoms with Gasteiger partial charge in [-0.3, -0.25) is 0 Å². The van der Waals surface area contributed by atoms with Gasteiger partial charge in [0, 0.05) is 0 Å². The van der Waals surface area contributed by atoms with Crippen molar-refractivity contribution in [3.05, 3.63) is 48.2 Å². The maximum atomic E-state index is 11.0. The van der Waals surface area contributed by atoms with E-state index in [4.69, 9.17) is 4.74 Å². The van der Waals surface area contributed by atoms with Crippen LogP contribution < -0.4 is 4.74 Å². The van der Waals surface area contributed by atoms with Crippen molar-refractivity contribution in [1.29, 1.82) is 0 Å². The third-order valence-electron chi connectivity index (χ3n) is 1.33. The molecule has 13 heavy (non-hydrogen) atoms. The summed E-state index contributed by atoms with van der Waals surface area (Å²) in [7, 11) is 0. The molecule has 0 saturated carbocycles. The Morgan fingerprint density at radius 2 is 2.08 bits per heavy atom. The zero-order valence-electron chi connectivity index (χ0n) is 7.36. The molecule has 0 radical (unpaired) electrons. The maximum Gasteiger partial charge on any atom is 0.343 e. The highest BCUT2D eigenvalue weighted by atomic mass is 16.5. The molecule has 0 unspecified atom stereocenters. The fourth-order valence-electron chi connectivity index (χ4n) is 0.786. The molecule has 0 bridgehead atoms. The number of hydrogen-bond donors (Lipinski definition) is 0. The molecular weight excluding hydrogens is 164 g/mol. The number of benzene rings is 1. The van der Waals surface area contributed by atoms with Gasteiger partial charge in [-0.05, 0) is 25.1 Å². The highest BCUT2D eigenvalue weighted by Crippen LogP contribution is 2.08. The van der Waals surface area contributed by atoms with Crippen molar-refractivity contribution in [2.75, 3.05) is 0 Å². The Morgan fingerprint density at radius 1 is 1.38 bits per heavy atom. The number of carbonyl (C=O) groups excluding carboxylic acids is 1. The van der Waals surface area contributed by atoms with Crippen molar-refractivity contribution in [1.82, 2.24) is 0 Å². The lowest BCUT2D eigenvalue weighted by molar-refractivity contribution is -0.128. The molecule has 66 valence electrons. The van der Waals surface area contributed by atoms with Crippen molar-refractivity contribution < 1.29 is 9.53 Å². The van der Waals surface area contributed by atoms with Crippen LogP contribution in [0.4, 0.5) is 0 Å². The van der Waals surface area contributed by atoms with Crippen molar-refractivity contribution >= 4 is 5.97 Å². The Kier molecular flexibility index (Phi) is 3.55.